The number of nitrogens with zero attached hydrogens (tertiary/aromatic N) is 3. The lowest BCUT2D eigenvalue weighted by Gasteiger charge is -2.07. The van der Waals surface area contributed by atoms with Gasteiger partial charge in [0.05, 0.1) is 25.5 Å². The number of halogens is 1. The summed E-state index contributed by atoms with van der Waals surface area (Å²) in [5.41, 5.74) is 1.51. The molecular weight excluding hydrogens is 360 g/mol. The molecular formula is C17H15ClN4O2S. The Hall–Kier alpha value is -2.64. The van der Waals surface area contributed by atoms with E-state index >= 15 is 0 Å². The van der Waals surface area contributed by atoms with E-state index in [1.165, 1.54) is 4.68 Å². The molecule has 8 heteroatoms. The summed E-state index contributed by atoms with van der Waals surface area (Å²) in [6, 6.07) is 12.8. The Kier molecular flexibility index (Phi) is 5.16. The molecule has 0 spiro atoms. The summed E-state index contributed by atoms with van der Waals surface area (Å²) < 4.78 is 12.4. The molecule has 1 N–H and O–H groups in total. The maximum atomic E-state index is 6.25. The molecule has 0 fully saturated rings. The minimum Gasteiger partial charge on any atom is -0.497 e. The van der Waals surface area contributed by atoms with Gasteiger partial charge in [0, 0.05) is 17.2 Å². The third-order valence-electron chi connectivity index (χ3n) is 3.52. The molecule has 0 radical (unpaired) electrons. The van der Waals surface area contributed by atoms with E-state index in [9.17, 15) is 0 Å². The lowest BCUT2D eigenvalue weighted by molar-refractivity contribution is 0.394. The van der Waals surface area contributed by atoms with Crippen LogP contribution in [0.1, 0.15) is 5.56 Å². The van der Waals surface area contributed by atoms with E-state index in [2.05, 4.69) is 15.3 Å². The fourth-order valence-electron chi connectivity index (χ4n) is 2.26. The molecule has 0 bridgehead atoms. The van der Waals surface area contributed by atoms with Crippen molar-refractivity contribution in [1.29, 1.82) is 0 Å². The molecule has 2 aromatic carbocycles. The normalized spacial score (nSPS) is 11.0. The highest BCUT2D eigenvalue weighted by Crippen LogP contribution is 2.26. The molecule has 128 valence electrons. The van der Waals surface area contributed by atoms with Gasteiger partial charge in [-0.05, 0) is 36.5 Å². The molecule has 0 aliphatic carbocycles. The van der Waals surface area contributed by atoms with Crippen LogP contribution in [0.2, 0.25) is 5.02 Å². The largest absolute Gasteiger partial charge is 0.497 e. The monoisotopic (exact) mass is 374 g/mol. The molecule has 3 rings (SSSR count). The number of methoxy groups -OCH3 is 2. The van der Waals surface area contributed by atoms with Gasteiger partial charge >= 0.3 is 0 Å². The predicted molar refractivity (Wildman–Crippen MR) is 100 cm³/mol. The molecule has 0 unspecified atom stereocenters. The fraction of sp³-hybridized carbons (Fsp3) is 0.118. The molecule has 0 aliphatic rings. The van der Waals surface area contributed by atoms with Gasteiger partial charge < -0.3 is 9.47 Å². The van der Waals surface area contributed by atoms with Crippen molar-refractivity contribution in [3.05, 3.63) is 57.8 Å². The second kappa shape index (κ2) is 7.50. The summed E-state index contributed by atoms with van der Waals surface area (Å²) in [5.74, 6) is 1.86. The zero-order chi connectivity index (χ0) is 17.8. The molecule has 1 heterocycles. The van der Waals surface area contributed by atoms with Crippen LogP contribution in [0, 0.1) is 4.77 Å². The first-order chi connectivity index (χ1) is 12.1. The average molecular weight is 375 g/mol. The molecule has 0 amide bonds. The maximum absolute atomic E-state index is 6.25. The van der Waals surface area contributed by atoms with Crippen LogP contribution in [0.25, 0.3) is 11.4 Å². The van der Waals surface area contributed by atoms with Crippen LogP contribution in [0.4, 0.5) is 0 Å². The third kappa shape index (κ3) is 3.57. The standard InChI is InChI=1S/C17H15ClN4O2S/c1-23-12-8-7-11(15(9-12)24-2)10-19-22-16(20-21-17(22)25)13-5-3-4-6-14(13)18/h3-10H,1-2H3,(H,21,25)/b19-10-. The van der Waals surface area contributed by atoms with E-state index in [0.29, 0.717) is 27.1 Å². The van der Waals surface area contributed by atoms with Gasteiger partial charge in [0.1, 0.15) is 11.5 Å². The van der Waals surface area contributed by atoms with Crippen molar-refractivity contribution in [2.45, 2.75) is 0 Å². The van der Waals surface area contributed by atoms with E-state index in [0.717, 1.165) is 11.1 Å². The van der Waals surface area contributed by atoms with Gasteiger partial charge in [-0.2, -0.15) is 14.9 Å². The van der Waals surface area contributed by atoms with Crippen molar-refractivity contribution in [2.75, 3.05) is 14.2 Å². The average Bonchev–Trinajstić information content (AvgIpc) is 3.00. The molecule has 0 aliphatic heterocycles. The third-order valence-corrected chi connectivity index (χ3v) is 4.11. The van der Waals surface area contributed by atoms with Gasteiger partial charge in [-0.1, -0.05) is 23.7 Å². The van der Waals surface area contributed by atoms with Gasteiger partial charge in [0.15, 0.2) is 5.82 Å². The van der Waals surface area contributed by atoms with Gasteiger partial charge in [-0.25, -0.2) is 5.10 Å². The Morgan fingerprint density at radius 2 is 2.00 bits per heavy atom. The molecule has 3 aromatic rings. The Bertz CT molecular complexity index is 981. The van der Waals surface area contributed by atoms with Gasteiger partial charge in [-0.3, -0.25) is 0 Å². The van der Waals surface area contributed by atoms with Crippen LogP contribution < -0.4 is 9.47 Å². The number of nitrogens with one attached hydrogen (secondary N) is 1. The van der Waals surface area contributed by atoms with Crippen molar-refractivity contribution < 1.29 is 9.47 Å². The van der Waals surface area contributed by atoms with Gasteiger partial charge in [0.25, 0.3) is 0 Å². The van der Waals surface area contributed by atoms with E-state index < -0.39 is 0 Å². The fourth-order valence-corrected chi connectivity index (χ4v) is 2.66. The maximum Gasteiger partial charge on any atom is 0.216 e. The molecule has 0 saturated heterocycles. The number of hydrogen-bond donors (Lipinski definition) is 1. The summed E-state index contributed by atoms with van der Waals surface area (Å²) in [6.45, 7) is 0. The van der Waals surface area contributed by atoms with E-state index in [-0.39, 0.29) is 0 Å². The van der Waals surface area contributed by atoms with Crippen LogP contribution in [0.5, 0.6) is 11.5 Å². The molecule has 0 atom stereocenters. The highest BCUT2D eigenvalue weighted by Gasteiger charge is 2.11. The number of benzene rings is 2. The van der Waals surface area contributed by atoms with Crippen molar-refractivity contribution >= 4 is 30.0 Å². The summed E-state index contributed by atoms with van der Waals surface area (Å²) in [6.07, 6.45) is 1.64. The summed E-state index contributed by atoms with van der Waals surface area (Å²) >= 11 is 11.5. The number of aromatic amines is 1. The smallest absolute Gasteiger partial charge is 0.216 e. The first-order valence-electron chi connectivity index (χ1n) is 7.32. The highest BCUT2D eigenvalue weighted by atomic mass is 35.5. The first kappa shape index (κ1) is 17.2. The minimum absolute atomic E-state index is 0.360. The number of hydrogen-bond acceptors (Lipinski definition) is 5. The van der Waals surface area contributed by atoms with Crippen LogP contribution >= 0.6 is 23.8 Å². The van der Waals surface area contributed by atoms with Gasteiger partial charge in [0.2, 0.25) is 4.77 Å². The lowest BCUT2D eigenvalue weighted by Crippen LogP contribution is -1.97. The SMILES string of the molecule is COc1ccc(/C=N\n2c(-c3ccccc3Cl)n[nH]c2=S)c(OC)c1. The second-order valence-corrected chi connectivity index (χ2v) is 5.79. The summed E-state index contributed by atoms with van der Waals surface area (Å²) in [4.78, 5) is 0. The van der Waals surface area contributed by atoms with Crippen LogP contribution in [0.3, 0.4) is 0 Å². The number of H-pyrrole nitrogens is 1. The lowest BCUT2D eigenvalue weighted by atomic mass is 10.2. The van der Waals surface area contributed by atoms with Crippen molar-refractivity contribution in [1.82, 2.24) is 14.9 Å². The summed E-state index contributed by atoms with van der Waals surface area (Å²) in [7, 11) is 3.19. The van der Waals surface area contributed by atoms with Gasteiger partial charge in [-0.15, -0.1) is 0 Å². The highest BCUT2D eigenvalue weighted by molar-refractivity contribution is 7.71. The zero-order valence-electron chi connectivity index (χ0n) is 13.6. The molecule has 6 nitrogen and oxygen atoms in total. The van der Waals surface area contributed by atoms with Crippen LogP contribution in [-0.2, 0) is 0 Å². The van der Waals surface area contributed by atoms with Crippen molar-refractivity contribution in [3.8, 4) is 22.9 Å². The predicted octanol–water partition coefficient (Wildman–Crippen LogP) is 4.16. The molecule has 1 aromatic heterocycles. The van der Waals surface area contributed by atoms with E-state index in [1.807, 2.05) is 30.3 Å². The van der Waals surface area contributed by atoms with Crippen molar-refractivity contribution in [3.63, 3.8) is 0 Å². The Morgan fingerprint density at radius 3 is 2.72 bits per heavy atom. The van der Waals surface area contributed by atoms with Crippen LogP contribution in [0.15, 0.2) is 47.6 Å². The molecule has 0 saturated carbocycles. The van der Waals surface area contributed by atoms with Crippen LogP contribution in [-0.4, -0.2) is 35.3 Å². The summed E-state index contributed by atoms with van der Waals surface area (Å²) in [5, 5.41) is 12.0. The zero-order valence-corrected chi connectivity index (χ0v) is 15.1. The Balaban J connectivity index is 2.02. The Labute approximate surface area is 154 Å². The quantitative estimate of drug-likeness (QED) is 0.538. The van der Waals surface area contributed by atoms with Crippen molar-refractivity contribution in [2.24, 2.45) is 5.10 Å². The number of ether oxygens (including phenoxy) is 2. The first-order valence-corrected chi connectivity index (χ1v) is 8.11. The topological polar surface area (TPSA) is 64.4 Å². The molecule has 25 heavy (non-hydrogen) atoms. The Morgan fingerprint density at radius 1 is 1.20 bits per heavy atom. The van der Waals surface area contributed by atoms with E-state index in [4.69, 9.17) is 33.3 Å². The minimum atomic E-state index is 0.360. The second-order valence-electron chi connectivity index (χ2n) is 5.00. The number of rotatable bonds is 5. The van der Waals surface area contributed by atoms with E-state index in [1.54, 1.807) is 32.6 Å². The number of aromatic nitrogens is 3.